The van der Waals surface area contributed by atoms with E-state index in [0.29, 0.717) is 5.76 Å². The van der Waals surface area contributed by atoms with Gasteiger partial charge in [0.1, 0.15) is 5.76 Å². The largest absolute Gasteiger partial charge is 0.497 e. The van der Waals surface area contributed by atoms with Crippen molar-refractivity contribution in [3.05, 3.63) is 36.8 Å². The van der Waals surface area contributed by atoms with Crippen LogP contribution in [0.1, 0.15) is 27.2 Å². The molecule has 0 atom stereocenters. The van der Waals surface area contributed by atoms with Crippen LogP contribution in [0, 0.1) is 0 Å². The zero-order chi connectivity index (χ0) is 11.4. The lowest BCUT2D eigenvalue weighted by molar-refractivity contribution is 0.309. The van der Waals surface area contributed by atoms with Crippen LogP contribution in [-0.2, 0) is 4.74 Å². The molecular formula is C12H23NO. The molecule has 0 saturated carbocycles. The Morgan fingerprint density at radius 3 is 2.29 bits per heavy atom. The van der Waals surface area contributed by atoms with Crippen LogP contribution in [0.15, 0.2) is 36.8 Å². The summed E-state index contributed by atoms with van der Waals surface area (Å²) >= 11 is 0. The summed E-state index contributed by atoms with van der Waals surface area (Å²) in [7, 11) is 1.59. The molecule has 0 aromatic carbocycles. The number of nitrogens with one attached hydrogen (secondary N) is 1. The predicted octanol–water partition coefficient (Wildman–Crippen LogP) is 3.24. The number of rotatable bonds is 6. The standard InChI is InChI=1S/C10H17NO.C2H6/c1-5-8-11-9(2)6-7-10(3)12-4;1-2/h6-7,11H,2-3,5,8H2,1,4H3;1-2H3/b7-6-;. The van der Waals surface area contributed by atoms with Gasteiger partial charge in [-0.15, -0.1) is 0 Å². The van der Waals surface area contributed by atoms with Crippen molar-refractivity contribution in [1.82, 2.24) is 5.32 Å². The van der Waals surface area contributed by atoms with Crippen molar-refractivity contribution in [3.63, 3.8) is 0 Å². The summed E-state index contributed by atoms with van der Waals surface area (Å²) in [6.07, 6.45) is 4.73. The Labute approximate surface area is 88.4 Å². The third kappa shape index (κ3) is 10.8. The molecule has 14 heavy (non-hydrogen) atoms. The molecule has 0 radical (unpaired) electrons. The molecule has 0 aliphatic carbocycles. The molecule has 0 amide bonds. The van der Waals surface area contributed by atoms with E-state index in [1.807, 2.05) is 19.9 Å². The van der Waals surface area contributed by atoms with Gasteiger partial charge in [0.05, 0.1) is 7.11 Å². The molecule has 2 nitrogen and oxygen atoms in total. The van der Waals surface area contributed by atoms with Crippen LogP contribution >= 0.6 is 0 Å². The van der Waals surface area contributed by atoms with Crippen LogP contribution in [-0.4, -0.2) is 13.7 Å². The topological polar surface area (TPSA) is 21.3 Å². The molecular weight excluding hydrogens is 174 g/mol. The van der Waals surface area contributed by atoms with Gasteiger partial charge in [-0.05, 0) is 18.6 Å². The van der Waals surface area contributed by atoms with Gasteiger partial charge in [-0.1, -0.05) is 33.9 Å². The van der Waals surface area contributed by atoms with Gasteiger partial charge >= 0.3 is 0 Å². The first-order valence-electron chi connectivity index (χ1n) is 5.04. The first kappa shape index (κ1) is 15.3. The molecule has 0 aliphatic rings. The van der Waals surface area contributed by atoms with E-state index in [-0.39, 0.29) is 0 Å². The highest BCUT2D eigenvalue weighted by Crippen LogP contribution is 1.95. The fourth-order valence-corrected chi connectivity index (χ4v) is 0.606. The van der Waals surface area contributed by atoms with Crippen LogP contribution in [0.3, 0.4) is 0 Å². The highest BCUT2D eigenvalue weighted by molar-refractivity contribution is 5.19. The highest BCUT2D eigenvalue weighted by Gasteiger charge is 1.86. The zero-order valence-corrected chi connectivity index (χ0v) is 9.89. The normalized spacial score (nSPS) is 8.86. The van der Waals surface area contributed by atoms with Gasteiger partial charge in [0.25, 0.3) is 0 Å². The highest BCUT2D eigenvalue weighted by atomic mass is 16.5. The number of ether oxygens (including phenoxy) is 1. The average Bonchev–Trinajstić information content (AvgIpc) is 2.25. The summed E-state index contributed by atoms with van der Waals surface area (Å²) < 4.78 is 4.85. The summed E-state index contributed by atoms with van der Waals surface area (Å²) in [5, 5.41) is 3.13. The Hall–Kier alpha value is -1.18. The van der Waals surface area contributed by atoms with Crippen LogP contribution < -0.4 is 5.32 Å². The monoisotopic (exact) mass is 197 g/mol. The van der Waals surface area contributed by atoms with E-state index >= 15 is 0 Å². The molecule has 0 aliphatic heterocycles. The lowest BCUT2D eigenvalue weighted by atomic mass is 10.3. The maximum absolute atomic E-state index is 4.85. The van der Waals surface area contributed by atoms with Crippen LogP contribution in [0.5, 0.6) is 0 Å². The molecule has 0 rings (SSSR count). The Balaban J connectivity index is 0. The molecule has 0 heterocycles. The van der Waals surface area contributed by atoms with E-state index in [1.54, 1.807) is 13.2 Å². The molecule has 82 valence electrons. The van der Waals surface area contributed by atoms with E-state index in [9.17, 15) is 0 Å². The van der Waals surface area contributed by atoms with E-state index in [1.165, 1.54) is 0 Å². The average molecular weight is 197 g/mol. The van der Waals surface area contributed by atoms with Crippen molar-refractivity contribution in [1.29, 1.82) is 0 Å². The maximum atomic E-state index is 4.85. The van der Waals surface area contributed by atoms with Crippen molar-refractivity contribution in [2.45, 2.75) is 27.2 Å². The zero-order valence-electron chi connectivity index (χ0n) is 9.89. The number of methoxy groups -OCH3 is 1. The number of allylic oxidation sites excluding steroid dienone is 2. The molecule has 0 fully saturated rings. The fourth-order valence-electron chi connectivity index (χ4n) is 0.606. The molecule has 1 N–H and O–H groups in total. The van der Waals surface area contributed by atoms with Crippen molar-refractivity contribution >= 4 is 0 Å². The van der Waals surface area contributed by atoms with E-state index < -0.39 is 0 Å². The second-order valence-electron chi connectivity index (χ2n) is 2.46. The summed E-state index contributed by atoms with van der Waals surface area (Å²) in [6.45, 7) is 14.5. The minimum absolute atomic E-state index is 0.634. The second-order valence-corrected chi connectivity index (χ2v) is 2.46. The molecule has 0 bridgehead atoms. The van der Waals surface area contributed by atoms with Crippen LogP contribution in [0.2, 0.25) is 0 Å². The molecule has 0 spiro atoms. The fraction of sp³-hybridized carbons (Fsp3) is 0.500. The molecule has 0 aromatic heterocycles. The van der Waals surface area contributed by atoms with Crippen molar-refractivity contribution in [2.75, 3.05) is 13.7 Å². The summed E-state index contributed by atoms with van der Waals surface area (Å²) in [6, 6.07) is 0. The lowest BCUT2D eigenvalue weighted by Crippen LogP contribution is -2.11. The van der Waals surface area contributed by atoms with E-state index in [4.69, 9.17) is 4.74 Å². The first-order chi connectivity index (χ1) is 6.70. The predicted molar refractivity (Wildman–Crippen MR) is 64.1 cm³/mol. The minimum atomic E-state index is 0.634. The third-order valence-corrected chi connectivity index (χ3v) is 1.33. The molecule has 0 aromatic rings. The number of hydrogen-bond acceptors (Lipinski definition) is 2. The smallest absolute Gasteiger partial charge is 0.111 e. The molecule has 0 unspecified atom stereocenters. The molecule has 2 heteroatoms. The van der Waals surface area contributed by atoms with Gasteiger partial charge in [-0.3, -0.25) is 0 Å². The van der Waals surface area contributed by atoms with Gasteiger partial charge in [-0.25, -0.2) is 0 Å². The van der Waals surface area contributed by atoms with E-state index in [2.05, 4.69) is 25.4 Å². The second kappa shape index (κ2) is 11.8. The van der Waals surface area contributed by atoms with Crippen molar-refractivity contribution < 1.29 is 4.74 Å². The summed E-state index contributed by atoms with van der Waals surface area (Å²) in [4.78, 5) is 0. The first-order valence-corrected chi connectivity index (χ1v) is 5.04. The van der Waals surface area contributed by atoms with Crippen molar-refractivity contribution in [2.24, 2.45) is 0 Å². The Morgan fingerprint density at radius 2 is 1.86 bits per heavy atom. The van der Waals surface area contributed by atoms with Gasteiger partial charge in [0.15, 0.2) is 0 Å². The molecule has 0 saturated heterocycles. The Bertz CT molecular complexity index is 183. The van der Waals surface area contributed by atoms with E-state index in [0.717, 1.165) is 18.7 Å². The van der Waals surface area contributed by atoms with Gasteiger partial charge in [0, 0.05) is 12.2 Å². The van der Waals surface area contributed by atoms with Gasteiger partial charge in [-0.2, -0.15) is 0 Å². The summed E-state index contributed by atoms with van der Waals surface area (Å²) in [5.74, 6) is 0.634. The van der Waals surface area contributed by atoms with Crippen LogP contribution in [0.25, 0.3) is 0 Å². The quantitative estimate of drug-likeness (QED) is 0.521. The van der Waals surface area contributed by atoms with Gasteiger partial charge in [0.2, 0.25) is 0 Å². The van der Waals surface area contributed by atoms with Crippen LogP contribution in [0.4, 0.5) is 0 Å². The Morgan fingerprint density at radius 1 is 1.29 bits per heavy atom. The summed E-state index contributed by atoms with van der Waals surface area (Å²) in [5.41, 5.74) is 0.884. The number of hydrogen-bond donors (Lipinski definition) is 1. The minimum Gasteiger partial charge on any atom is -0.497 e. The lowest BCUT2D eigenvalue weighted by Gasteiger charge is -2.02. The maximum Gasteiger partial charge on any atom is 0.111 e. The van der Waals surface area contributed by atoms with Gasteiger partial charge < -0.3 is 10.1 Å². The third-order valence-electron chi connectivity index (χ3n) is 1.33. The van der Waals surface area contributed by atoms with Crippen molar-refractivity contribution in [3.8, 4) is 0 Å². The SMILES string of the molecule is C=C(/C=C\C(=C)OC)NCCC.CC. The Kier molecular flexibility index (Phi) is 12.9.